The average molecular weight is 689 g/mol. The summed E-state index contributed by atoms with van der Waals surface area (Å²) in [7, 11) is 0. The third kappa shape index (κ3) is 10.2. The van der Waals surface area contributed by atoms with Crippen molar-refractivity contribution in [2.24, 2.45) is 0 Å². The molecule has 0 aliphatic carbocycles. The molecule has 0 bridgehead atoms. The van der Waals surface area contributed by atoms with Crippen LogP contribution in [-0.4, -0.2) is 49.3 Å². The molecule has 0 N–H and O–H groups in total. The van der Waals surface area contributed by atoms with Gasteiger partial charge in [0.2, 0.25) is 0 Å². The first-order chi connectivity index (χ1) is 22.7. The number of alkyl halides is 8. The van der Waals surface area contributed by atoms with E-state index < -0.39 is 48.3 Å². The molecule has 3 aromatic rings. The van der Waals surface area contributed by atoms with Gasteiger partial charge in [0, 0.05) is 0 Å². The highest BCUT2D eigenvalue weighted by Gasteiger charge is 2.75. The first kappa shape index (κ1) is 38.3. The van der Waals surface area contributed by atoms with Gasteiger partial charge in [-0.05, 0) is 66.1 Å². The van der Waals surface area contributed by atoms with Gasteiger partial charge < -0.3 is 14.2 Å². The zero-order valence-corrected chi connectivity index (χ0v) is 26.1. The fraction of sp³-hybridized carbons (Fsp3) is 0.429. The number of benzene rings is 3. The summed E-state index contributed by atoms with van der Waals surface area (Å²) in [5.74, 6) is -20.4. The van der Waals surface area contributed by atoms with Crippen LogP contribution in [0.2, 0.25) is 0 Å². The van der Waals surface area contributed by atoms with Crippen molar-refractivity contribution in [3.05, 3.63) is 83.9 Å². The summed E-state index contributed by atoms with van der Waals surface area (Å²) in [6.45, 7) is 0.257. The zero-order chi connectivity index (χ0) is 35.4. The molecule has 0 saturated carbocycles. The van der Waals surface area contributed by atoms with Gasteiger partial charge in [0.25, 0.3) is 0 Å². The minimum absolute atomic E-state index is 0.0865. The Kier molecular flexibility index (Phi) is 13.8. The predicted molar refractivity (Wildman–Crippen MR) is 163 cm³/mol. The summed E-state index contributed by atoms with van der Waals surface area (Å²) in [5, 5.41) is 0. The molecule has 0 aliphatic rings. The van der Waals surface area contributed by atoms with Crippen LogP contribution >= 0.6 is 0 Å². The van der Waals surface area contributed by atoms with Gasteiger partial charge in [0.05, 0.1) is 17.7 Å². The van der Waals surface area contributed by atoms with Crippen molar-refractivity contribution in [3.8, 4) is 22.6 Å². The molecular formula is C35H36F8O5. The Morgan fingerprint density at radius 2 is 1.08 bits per heavy atom. The van der Waals surface area contributed by atoms with Crippen LogP contribution in [0.4, 0.5) is 35.1 Å². The van der Waals surface area contributed by atoms with Crippen molar-refractivity contribution in [3.63, 3.8) is 0 Å². The van der Waals surface area contributed by atoms with Crippen LogP contribution in [0.15, 0.2) is 72.8 Å². The van der Waals surface area contributed by atoms with Gasteiger partial charge >= 0.3 is 36.1 Å². The molecule has 3 aromatic carbocycles. The Labute approximate surface area is 273 Å². The Balaban J connectivity index is 1.47. The molecule has 0 aromatic heterocycles. The van der Waals surface area contributed by atoms with E-state index >= 15 is 0 Å². The van der Waals surface area contributed by atoms with Crippen molar-refractivity contribution >= 4 is 11.9 Å². The molecule has 48 heavy (non-hydrogen) atoms. The van der Waals surface area contributed by atoms with Gasteiger partial charge in [-0.3, -0.25) is 0 Å². The van der Waals surface area contributed by atoms with Crippen LogP contribution in [-0.2, 0) is 4.74 Å². The van der Waals surface area contributed by atoms with Crippen LogP contribution in [0.5, 0.6) is 11.5 Å². The number of hydrogen-bond donors (Lipinski definition) is 0. The number of halogens is 8. The Hall–Kier alpha value is -4.16. The Morgan fingerprint density at radius 1 is 0.625 bits per heavy atom. The normalized spacial score (nSPS) is 12.2. The molecule has 262 valence electrons. The zero-order valence-electron chi connectivity index (χ0n) is 26.1. The van der Waals surface area contributed by atoms with E-state index in [2.05, 4.69) is 11.7 Å². The van der Waals surface area contributed by atoms with E-state index in [1.165, 1.54) is 50.7 Å². The highest BCUT2D eigenvalue weighted by Crippen LogP contribution is 2.48. The quantitative estimate of drug-likeness (QED) is 0.0543. The van der Waals surface area contributed by atoms with Crippen LogP contribution in [0.1, 0.15) is 79.0 Å². The number of carbonyl (C=O) groups excluding carboxylic acids is 2. The van der Waals surface area contributed by atoms with E-state index in [-0.39, 0.29) is 11.3 Å². The summed E-state index contributed by atoms with van der Waals surface area (Å²) in [6.07, 6.45) is 4.63. The van der Waals surface area contributed by atoms with Crippen LogP contribution < -0.4 is 9.47 Å². The summed E-state index contributed by atoms with van der Waals surface area (Å²) < 4.78 is 119. The summed E-state index contributed by atoms with van der Waals surface area (Å²) in [4.78, 5) is 24.6. The first-order valence-corrected chi connectivity index (χ1v) is 15.4. The monoisotopic (exact) mass is 688 g/mol. The molecule has 0 unspecified atom stereocenters. The summed E-state index contributed by atoms with van der Waals surface area (Å²) in [5.41, 5.74) is 1.39. The second-order valence-electron chi connectivity index (χ2n) is 11.1. The van der Waals surface area contributed by atoms with Crippen molar-refractivity contribution in [2.75, 3.05) is 13.2 Å². The van der Waals surface area contributed by atoms with Gasteiger partial charge in [-0.2, -0.15) is 26.3 Å². The molecule has 0 radical (unpaired) electrons. The molecule has 5 nitrogen and oxygen atoms in total. The highest BCUT2D eigenvalue weighted by molar-refractivity contribution is 5.92. The summed E-state index contributed by atoms with van der Waals surface area (Å²) in [6, 6.07) is 18.0. The van der Waals surface area contributed by atoms with Gasteiger partial charge in [-0.25, -0.2) is 18.4 Å². The summed E-state index contributed by atoms with van der Waals surface area (Å²) >= 11 is 0. The molecule has 3 rings (SSSR count). The van der Waals surface area contributed by atoms with Gasteiger partial charge in [-0.15, -0.1) is 0 Å². The molecule has 0 spiro atoms. The maximum absolute atomic E-state index is 13.6. The lowest BCUT2D eigenvalue weighted by atomic mass is 10.0. The fourth-order valence-electron chi connectivity index (χ4n) is 4.50. The van der Waals surface area contributed by atoms with E-state index in [9.17, 15) is 44.7 Å². The molecular weight excluding hydrogens is 652 g/mol. The van der Waals surface area contributed by atoms with Crippen molar-refractivity contribution in [1.29, 1.82) is 0 Å². The largest absolute Gasteiger partial charge is 0.494 e. The van der Waals surface area contributed by atoms with E-state index in [4.69, 9.17) is 9.47 Å². The van der Waals surface area contributed by atoms with Crippen LogP contribution in [0.3, 0.4) is 0 Å². The number of carbonyl (C=O) groups is 2. The Bertz CT molecular complexity index is 1440. The van der Waals surface area contributed by atoms with Crippen LogP contribution in [0, 0.1) is 0 Å². The minimum atomic E-state index is -6.50. The highest BCUT2D eigenvalue weighted by atomic mass is 19.4. The predicted octanol–water partition coefficient (Wildman–Crippen LogP) is 10.4. The molecule has 0 saturated heterocycles. The topological polar surface area (TPSA) is 61.8 Å². The second-order valence-corrected chi connectivity index (χ2v) is 11.1. The molecule has 0 fully saturated rings. The van der Waals surface area contributed by atoms with E-state index in [1.807, 2.05) is 24.3 Å². The number of unbranched alkanes of at least 4 members (excludes halogenated alkanes) is 7. The standard InChI is InChI=1S/C35H36F8O5/c1-2-3-4-5-6-7-8-9-22-46-28-18-14-25(15-19-28)24-10-12-27(13-11-24)31(45)48-29-20-16-26(17-21-29)30(44)47-23-33(38,39)35(42,43)34(40,41)32(36)37/h10-21,32H,2-9,22-23H2,1H3. The maximum atomic E-state index is 13.6. The lowest BCUT2D eigenvalue weighted by Gasteiger charge is -2.31. The third-order valence-corrected chi connectivity index (χ3v) is 7.41. The average Bonchev–Trinajstić information content (AvgIpc) is 3.07. The van der Waals surface area contributed by atoms with Crippen molar-refractivity contribution in [2.45, 2.75) is 82.5 Å². The maximum Gasteiger partial charge on any atom is 0.381 e. The molecule has 0 atom stereocenters. The smallest absolute Gasteiger partial charge is 0.381 e. The van der Waals surface area contributed by atoms with Crippen molar-refractivity contribution in [1.82, 2.24) is 0 Å². The number of ether oxygens (including phenoxy) is 3. The number of rotatable bonds is 19. The third-order valence-electron chi connectivity index (χ3n) is 7.41. The fourth-order valence-corrected chi connectivity index (χ4v) is 4.50. The number of esters is 2. The van der Waals surface area contributed by atoms with E-state index in [0.29, 0.717) is 6.61 Å². The lowest BCUT2D eigenvalue weighted by Crippen LogP contribution is -2.59. The molecule has 0 heterocycles. The SMILES string of the molecule is CCCCCCCCCCOc1ccc(-c2ccc(C(=O)Oc3ccc(C(=O)OCC(F)(F)C(F)(F)C(F)(F)C(F)F)cc3)cc2)cc1. The first-order valence-electron chi connectivity index (χ1n) is 15.4. The van der Waals surface area contributed by atoms with Crippen molar-refractivity contribution < 1.29 is 58.9 Å². The molecule has 0 amide bonds. The Morgan fingerprint density at radius 3 is 1.62 bits per heavy atom. The van der Waals surface area contributed by atoms with E-state index in [1.54, 1.807) is 12.1 Å². The lowest BCUT2D eigenvalue weighted by molar-refractivity contribution is -0.343. The van der Waals surface area contributed by atoms with E-state index in [0.717, 1.165) is 54.0 Å². The van der Waals surface area contributed by atoms with Gasteiger partial charge in [0.1, 0.15) is 11.5 Å². The second kappa shape index (κ2) is 17.3. The van der Waals surface area contributed by atoms with Crippen LogP contribution in [0.25, 0.3) is 11.1 Å². The molecule has 0 aliphatic heterocycles. The molecule has 13 heteroatoms. The van der Waals surface area contributed by atoms with Gasteiger partial charge in [0.15, 0.2) is 6.61 Å². The number of hydrogen-bond acceptors (Lipinski definition) is 5. The minimum Gasteiger partial charge on any atom is -0.494 e. The van der Waals surface area contributed by atoms with Gasteiger partial charge in [-0.1, -0.05) is 76.1 Å².